The average Bonchev–Trinajstić information content (AvgIpc) is 2.93. The number of pyridine rings is 1. The number of carbonyl (C=O) groups is 1. The molecule has 6 heteroatoms. The van der Waals surface area contributed by atoms with Crippen molar-refractivity contribution < 1.29 is 14.3 Å². The first-order valence-corrected chi connectivity index (χ1v) is 8.57. The lowest BCUT2D eigenvalue weighted by atomic mass is 10.1. The highest BCUT2D eigenvalue weighted by molar-refractivity contribution is 6.14. The van der Waals surface area contributed by atoms with Gasteiger partial charge < -0.3 is 19.4 Å². The van der Waals surface area contributed by atoms with E-state index in [0.717, 1.165) is 35.3 Å². The fourth-order valence-corrected chi connectivity index (χ4v) is 3.16. The van der Waals surface area contributed by atoms with Gasteiger partial charge in [0.05, 0.1) is 31.7 Å². The number of aromatic nitrogens is 2. The van der Waals surface area contributed by atoms with E-state index in [-0.39, 0.29) is 5.91 Å². The zero-order valence-electron chi connectivity index (χ0n) is 15.5. The minimum Gasteiger partial charge on any atom is -0.497 e. The number of rotatable bonds is 6. The number of nitrogens with zero attached hydrogens (tertiary/aromatic N) is 2. The van der Waals surface area contributed by atoms with Gasteiger partial charge in [-0.05, 0) is 37.6 Å². The summed E-state index contributed by atoms with van der Waals surface area (Å²) >= 11 is 0. The van der Waals surface area contributed by atoms with Gasteiger partial charge in [0.2, 0.25) is 5.88 Å². The Morgan fingerprint density at radius 2 is 2.00 bits per heavy atom. The third kappa shape index (κ3) is 3.22. The second kappa shape index (κ2) is 7.47. The summed E-state index contributed by atoms with van der Waals surface area (Å²) in [5.41, 5.74) is 3.25. The number of fused-ring (bicyclic) bond motifs is 1. The third-order valence-corrected chi connectivity index (χ3v) is 4.41. The number of carbonyl (C=O) groups excluding carboxylic acids is 1. The number of anilines is 1. The standard InChI is InChI=1S/C20H23N3O3/c1-5-10-23-13(2)19(16-11-15(25-3)7-8-17(16)23)20(24)22-14-6-9-18(26-4)21-12-14/h6-9,11-12H,5,10H2,1-4H3,(H,22,24). The number of hydrogen-bond acceptors (Lipinski definition) is 4. The number of hydrogen-bond donors (Lipinski definition) is 1. The van der Waals surface area contributed by atoms with Gasteiger partial charge in [-0.15, -0.1) is 0 Å². The molecule has 3 rings (SSSR count). The van der Waals surface area contributed by atoms with Crippen LogP contribution in [0.5, 0.6) is 11.6 Å². The van der Waals surface area contributed by atoms with Crippen molar-refractivity contribution in [2.45, 2.75) is 26.8 Å². The summed E-state index contributed by atoms with van der Waals surface area (Å²) in [6.07, 6.45) is 2.57. The maximum absolute atomic E-state index is 13.0. The van der Waals surface area contributed by atoms with E-state index < -0.39 is 0 Å². The van der Waals surface area contributed by atoms with Gasteiger partial charge >= 0.3 is 0 Å². The van der Waals surface area contributed by atoms with Gasteiger partial charge in [0.25, 0.3) is 5.91 Å². The lowest BCUT2D eigenvalue weighted by Crippen LogP contribution is -2.13. The van der Waals surface area contributed by atoms with Crippen LogP contribution in [0.1, 0.15) is 29.4 Å². The van der Waals surface area contributed by atoms with Crippen LogP contribution in [-0.2, 0) is 6.54 Å². The van der Waals surface area contributed by atoms with Gasteiger partial charge in [0.15, 0.2) is 0 Å². The summed E-state index contributed by atoms with van der Waals surface area (Å²) in [6.45, 7) is 4.95. The first kappa shape index (κ1) is 17.8. The minimum absolute atomic E-state index is 0.164. The fraction of sp³-hybridized carbons (Fsp3) is 0.300. The highest BCUT2D eigenvalue weighted by Gasteiger charge is 2.20. The van der Waals surface area contributed by atoms with Crippen molar-refractivity contribution in [3.8, 4) is 11.6 Å². The van der Waals surface area contributed by atoms with Crippen LogP contribution in [0.3, 0.4) is 0 Å². The second-order valence-corrected chi connectivity index (χ2v) is 6.04. The molecule has 26 heavy (non-hydrogen) atoms. The Labute approximate surface area is 152 Å². The van der Waals surface area contributed by atoms with Gasteiger partial charge in [-0.1, -0.05) is 6.92 Å². The first-order chi connectivity index (χ1) is 12.6. The van der Waals surface area contributed by atoms with Crippen molar-refractivity contribution in [2.75, 3.05) is 19.5 Å². The average molecular weight is 353 g/mol. The van der Waals surface area contributed by atoms with E-state index in [9.17, 15) is 4.79 Å². The van der Waals surface area contributed by atoms with Crippen molar-refractivity contribution in [2.24, 2.45) is 0 Å². The van der Waals surface area contributed by atoms with Crippen LogP contribution < -0.4 is 14.8 Å². The molecule has 0 fully saturated rings. The van der Waals surface area contributed by atoms with Crippen LogP contribution in [0.15, 0.2) is 36.5 Å². The maximum Gasteiger partial charge on any atom is 0.258 e. The van der Waals surface area contributed by atoms with Gasteiger partial charge in [0, 0.05) is 29.2 Å². The Morgan fingerprint density at radius 1 is 1.19 bits per heavy atom. The molecular formula is C20H23N3O3. The second-order valence-electron chi connectivity index (χ2n) is 6.04. The third-order valence-electron chi connectivity index (χ3n) is 4.41. The topological polar surface area (TPSA) is 65.4 Å². The molecule has 2 heterocycles. The molecule has 136 valence electrons. The van der Waals surface area contributed by atoms with E-state index in [4.69, 9.17) is 9.47 Å². The molecule has 0 aliphatic heterocycles. The van der Waals surface area contributed by atoms with E-state index >= 15 is 0 Å². The summed E-state index contributed by atoms with van der Waals surface area (Å²) in [6, 6.07) is 9.32. The molecule has 3 aromatic rings. The van der Waals surface area contributed by atoms with Crippen molar-refractivity contribution in [1.82, 2.24) is 9.55 Å². The van der Waals surface area contributed by atoms with Crippen molar-refractivity contribution in [3.63, 3.8) is 0 Å². The molecule has 6 nitrogen and oxygen atoms in total. The summed E-state index contributed by atoms with van der Waals surface area (Å²) in [7, 11) is 3.18. The smallest absolute Gasteiger partial charge is 0.258 e. The SMILES string of the molecule is CCCn1c(C)c(C(=O)Nc2ccc(OC)nc2)c2cc(OC)ccc21. The van der Waals surface area contributed by atoms with Crippen LogP contribution in [0, 0.1) is 6.92 Å². The summed E-state index contributed by atoms with van der Waals surface area (Å²) < 4.78 is 12.6. The van der Waals surface area contributed by atoms with E-state index in [1.54, 1.807) is 32.5 Å². The highest BCUT2D eigenvalue weighted by atomic mass is 16.5. The lowest BCUT2D eigenvalue weighted by Gasteiger charge is -2.08. The molecule has 0 radical (unpaired) electrons. The van der Waals surface area contributed by atoms with Gasteiger partial charge in [-0.3, -0.25) is 4.79 Å². The van der Waals surface area contributed by atoms with Crippen molar-refractivity contribution in [1.29, 1.82) is 0 Å². The van der Waals surface area contributed by atoms with Crippen molar-refractivity contribution in [3.05, 3.63) is 47.8 Å². The predicted octanol–water partition coefficient (Wildman–Crippen LogP) is 4.02. The van der Waals surface area contributed by atoms with Gasteiger partial charge in [-0.2, -0.15) is 0 Å². The summed E-state index contributed by atoms with van der Waals surface area (Å²) in [5.74, 6) is 1.07. The molecule has 0 atom stereocenters. The van der Waals surface area contributed by atoms with Gasteiger partial charge in [0.1, 0.15) is 5.75 Å². The van der Waals surface area contributed by atoms with Crippen LogP contribution >= 0.6 is 0 Å². The van der Waals surface area contributed by atoms with Crippen LogP contribution in [0.2, 0.25) is 0 Å². The van der Waals surface area contributed by atoms with Crippen LogP contribution in [0.25, 0.3) is 10.9 Å². The predicted molar refractivity (Wildman–Crippen MR) is 102 cm³/mol. The Hall–Kier alpha value is -3.02. The number of aryl methyl sites for hydroxylation is 1. The molecule has 1 N–H and O–H groups in total. The molecule has 2 aromatic heterocycles. The van der Waals surface area contributed by atoms with Crippen molar-refractivity contribution >= 4 is 22.5 Å². The monoisotopic (exact) mass is 353 g/mol. The highest BCUT2D eigenvalue weighted by Crippen LogP contribution is 2.30. The van der Waals surface area contributed by atoms with Gasteiger partial charge in [-0.25, -0.2) is 4.98 Å². The molecule has 1 amide bonds. The van der Waals surface area contributed by atoms with E-state index in [0.29, 0.717) is 17.1 Å². The fourth-order valence-electron chi connectivity index (χ4n) is 3.16. The Balaban J connectivity index is 2.03. The molecule has 0 aliphatic carbocycles. The molecule has 0 saturated heterocycles. The Bertz CT molecular complexity index is 930. The van der Waals surface area contributed by atoms with E-state index in [2.05, 4.69) is 21.8 Å². The summed E-state index contributed by atoms with van der Waals surface area (Å²) in [4.78, 5) is 17.1. The number of benzene rings is 1. The molecular weight excluding hydrogens is 330 g/mol. The molecule has 0 unspecified atom stereocenters. The van der Waals surface area contributed by atoms with E-state index in [1.807, 2.05) is 25.1 Å². The summed E-state index contributed by atoms with van der Waals surface area (Å²) in [5, 5.41) is 3.81. The zero-order valence-corrected chi connectivity index (χ0v) is 15.5. The lowest BCUT2D eigenvalue weighted by molar-refractivity contribution is 0.102. The molecule has 0 bridgehead atoms. The number of nitrogens with one attached hydrogen (secondary N) is 1. The number of amides is 1. The molecule has 0 spiro atoms. The zero-order chi connectivity index (χ0) is 18.7. The largest absolute Gasteiger partial charge is 0.497 e. The molecule has 0 aliphatic rings. The number of methoxy groups -OCH3 is 2. The van der Waals surface area contributed by atoms with E-state index in [1.165, 1.54) is 0 Å². The Kier molecular flexibility index (Phi) is 5.11. The van der Waals surface area contributed by atoms with Crippen LogP contribution in [0.4, 0.5) is 5.69 Å². The first-order valence-electron chi connectivity index (χ1n) is 8.57. The van der Waals surface area contributed by atoms with Crippen LogP contribution in [-0.4, -0.2) is 29.7 Å². The Morgan fingerprint density at radius 3 is 2.62 bits per heavy atom. The molecule has 1 aromatic carbocycles. The normalized spacial score (nSPS) is 10.8. The molecule has 0 saturated carbocycles. The number of ether oxygens (including phenoxy) is 2. The minimum atomic E-state index is -0.164. The quantitative estimate of drug-likeness (QED) is 0.727. The maximum atomic E-state index is 13.0.